The lowest BCUT2D eigenvalue weighted by Crippen LogP contribution is -2.12. The minimum Gasteiger partial charge on any atom is -0.423 e. The van der Waals surface area contributed by atoms with Gasteiger partial charge in [0.15, 0.2) is 0 Å². The van der Waals surface area contributed by atoms with Crippen molar-refractivity contribution in [3.05, 3.63) is 69.7 Å². The number of halogens is 3. The molecule has 7 heteroatoms. The third kappa shape index (κ3) is 3.23. The molecule has 1 aliphatic heterocycles. The van der Waals surface area contributed by atoms with E-state index in [9.17, 15) is 18.2 Å². The van der Waals surface area contributed by atoms with Gasteiger partial charge in [0.05, 0.1) is 12.2 Å². The standard InChI is InChI=1S/C15H10BF3O2S/c17-15(18,19)11-4-6-12(7-5-11)22-13-3-1-2-10-9-21-16(20)14(10)8-13/h1,3-8,20H,9H2. The zero-order chi connectivity index (χ0) is 15.7. The lowest BCUT2D eigenvalue weighted by Gasteiger charge is -2.08. The van der Waals surface area contributed by atoms with E-state index in [4.69, 9.17) is 4.65 Å². The van der Waals surface area contributed by atoms with E-state index in [2.05, 4.69) is 5.73 Å². The van der Waals surface area contributed by atoms with Crippen molar-refractivity contribution in [2.45, 2.75) is 11.1 Å². The number of hydrogen-bond donors (Lipinski definition) is 1. The van der Waals surface area contributed by atoms with Crippen LogP contribution in [0.4, 0.5) is 13.2 Å². The normalized spacial score (nSPS) is 17.6. The van der Waals surface area contributed by atoms with Gasteiger partial charge < -0.3 is 9.68 Å². The first kappa shape index (κ1) is 15.2. The van der Waals surface area contributed by atoms with Gasteiger partial charge >= 0.3 is 13.3 Å². The zero-order valence-electron chi connectivity index (χ0n) is 11.2. The number of allylic oxidation sites excluding steroid dienone is 2. The van der Waals surface area contributed by atoms with Gasteiger partial charge in [0.25, 0.3) is 0 Å². The maximum absolute atomic E-state index is 12.5. The van der Waals surface area contributed by atoms with Crippen molar-refractivity contribution in [2.75, 3.05) is 6.61 Å². The number of hydrogen-bond acceptors (Lipinski definition) is 3. The first-order valence-electron chi connectivity index (χ1n) is 6.46. The first-order chi connectivity index (χ1) is 10.4. The fourth-order valence-electron chi connectivity index (χ4n) is 2.11. The molecular weight excluding hydrogens is 312 g/mol. The van der Waals surface area contributed by atoms with Crippen LogP contribution in [0, 0.1) is 0 Å². The Kier molecular flexibility index (Phi) is 4.06. The lowest BCUT2D eigenvalue weighted by molar-refractivity contribution is -0.137. The Balaban J connectivity index is 1.80. The van der Waals surface area contributed by atoms with Gasteiger partial charge in [-0.2, -0.15) is 13.2 Å². The summed E-state index contributed by atoms with van der Waals surface area (Å²) in [4.78, 5) is 1.48. The average molecular weight is 322 g/mol. The van der Waals surface area contributed by atoms with Gasteiger partial charge in [-0.3, -0.25) is 0 Å². The van der Waals surface area contributed by atoms with Crippen LogP contribution < -0.4 is 0 Å². The highest BCUT2D eigenvalue weighted by atomic mass is 32.2. The molecule has 112 valence electrons. The van der Waals surface area contributed by atoms with Gasteiger partial charge in [0.2, 0.25) is 0 Å². The van der Waals surface area contributed by atoms with Gasteiger partial charge in [-0.25, -0.2) is 0 Å². The van der Waals surface area contributed by atoms with E-state index in [1.807, 2.05) is 0 Å². The molecule has 1 heterocycles. The summed E-state index contributed by atoms with van der Waals surface area (Å²) in [6, 6.07) is 4.97. The number of benzene rings is 1. The Bertz CT molecular complexity index is 713. The SMILES string of the molecule is OB1OCC2=C=CC=C(Sc3ccc(C(F)(F)F)cc3)C=C12. The molecule has 0 spiro atoms. The molecule has 0 radical (unpaired) electrons. The highest BCUT2D eigenvalue weighted by molar-refractivity contribution is 8.03. The van der Waals surface area contributed by atoms with E-state index in [1.54, 1.807) is 18.2 Å². The molecule has 1 N–H and O–H groups in total. The number of fused-ring (bicyclic) bond motifs is 1. The number of thioether (sulfide) groups is 1. The summed E-state index contributed by atoms with van der Waals surface area (Å²) in [5, 5.41) is 9.73. The molecule has 1 fully saturated rings. The van der Waals surface area contributed by atoms with E-state index in [-0.39, 0.29) is 0 Å². The Morgan fingerprint density at radius 1 is 1.23 bits per heavy atom. The first-order valence-corrected chi connectivity index (χ1v) is 7.28. The largest absolute Gasteiger partial charge is 0.492 e. The van der Waals surface area contributed by atoms with Crippen LogP contribution in [0.2, 0.25) is 0 Å². The lowest BCUT2D eigenvalue weighted by atomic mass is 9.78. The summed E-state index contributed by atoms with van der Waals surface area (Å²) in [5.41, 5.74) is 3.77. The predicted molar refractivity (Wildman–Crippen MR) is 79.0 cm³/mol. The predicted octanol–water partition coefficient (Wildman–Crippen LogP) is 3.75. The molecule has 1 aromatic carbocycles. The third-order valence-corrected chi connectivity index (χ3v) is 4.22. The van der Waals surface area contributed by atoms with E-state index in [0.717, 1.165) is 22.6 Å². The molecule has 1 aromatic rings. The van der Waals surface area contributed by atoms with Crippen LogP contribution in [0.3, 0.4) is 0 Å². The van der Waals surface area contributed by atoms with Crippen LogP contribution in [0.25, 0.3) is 0 Å². The maximum Gasteiger partial charge on any atom is 0.492 e. The Morgan fingerprint density at radius 3 is 2.64 bits per heavy atom. The number of alkyl halides is 3. The maximum atomic E-state index is 12.5. The molecule has 0 saturated carbocycles. The minimum absolute atomic E-state index is 0.301. The second-order valence-corrected chi connectivity index (χ2v) is 5.89. The molecule has 2 aliphatic rings. The molecular formula is C15H10BF3O2S. The van der Waals surface area contributed by atoms with Gasteiger partial charge in [-0.05, 0) is 48.0 Å². The Morgan fingerprint density at radius 2 is 1.95 bits per heavy atom. The van der Waals surface area contributed by atoms with Gasteiger partial charge in [-0.15, -0.1) is 5.73 Å². The van der Waals surface area contributed by atoms with Gasteiger partial charge in [0.1, 0.15) is 0 Å². The van der Waals surface area contributed by atoms with Crippen molar-refractivity contribution < 1.29 is 22.8 Å². The van der Waals surface area contributed by atoms with Crippen molar-refractivity contribution in [2.24, 2.45) is 0 Å². The fraction of sp³-hybridized carbons (Fsp3) is 0.133. The van der Waals surface area contributed by atoms with E-state index in [1.165, 1.54) is 23.9 Å². The van der Waals surface area contributed by atoms with Crippen molar-refractivity contribution >= 4 is 18.9 Å². The van der Waals surface area contributed by atoms with Gasteiger partial charge in [-0.1, -0.05) is 11.8 Å². The molecule has 0 amide bonds. The second kappa shape index (κ2) is 5.86. The topological polar surface area (TPSA) is 29.5 Å². The summed E-state index contributed by atoms with van der Waals surface area (Å²) in [7, 11) is -0.981. The summed E-state index contributed by atoms with van der Waals surface area (Å²) in [6.07, 6.45) is 0.950. The molecule has 1 aliphatic carbocycles. The third-order valence-electron chi connectivity index (χ3n) is 3.22. The van der Waals surface area contributed by atoms with Crippen molar-refractivity contribution in [1.29, 1.82) is 0 Å². The summed E-state index contributed by atoms with van der Waals surface area (Å²) in [5.74, 6) is 0. The average Bonchev–Trinajstić information content (AvgIpc) is 2.69. The fourth-order valence-corrected chi connectivity index (χ4v) is 2.97. The summed E-state index contributed by atoms with van der Waals surface area (Å²) in [6.45, 7) is 0.301. The summed E-state index contributed by atoms with van der Waals surface area (Å²) < 4.78 is 42.7. The Hall–Kier alpha value is -1.66. The molecule has 22 heavy (non-hydrogen) atoms. The molecule has 1 saturated heterocycles. The second-order valence-electron chi connectivity index (χ2n) is 4.75. The number of rotatable bonds is 2. The smallest absolute Gasteiger partial charge is 0.423 e. The van der Waals surface area contributed by atoms with Crippen molar-refractivity contribution in [3.63, 3.8) is 0 Å². The molecule has 3 rings (SSSR count). The van der Waals surface area contributed by atoms with E-state index >= 15 is 0 Å². The van der Waals surface area contributed by atoms with Crippen LogP contribution >= 0.6 is 11.8 Å². The molecule has 2 nitrogen and oxygen atoms in total. The summed E-state index contributed by atoms with van der Waals surface area (Å²) >= 11 is 1.31. The van der Waals surface area contributed by atoms with Crippen molar-refractivity contribution in [3.8, 4) is 0 Å². The zero-order valence-corrected chi connectivity index (χ0v) is 12.0. The minimum atomic E-state index is -4.33. The highest BCUT2D eigenvalue weighted by Gasteiger charge is 2.31. The van der Waals surface area contributed by atoms with Gasteiger partial charge in [0, 0.05) is 15.4 Å². The monoisotopic (exact) mass is 322 g/mol. The molecule has 0 aromatic heterocycles. The van der Waals surface area contributed by atoms with Crippen LogP contribution in [0.1, 0.15) is 5.56 Å². The van der Waals surface area contributed by atoms with Crippen LogP contribution in [0.5, 0.6) is 0 Å². The quantitative estimate of drug-likeness (QED) is 0.664. The van der Waals surface area contributed by atoms with Crippen LogP contribution in [-0.4, -0.2) is 18.7 Å². The van der Waals surface area contributed by atoms with Crippen molar-refractivity contribution in [1.82, 2.24) is 0 Å². The Labute approximate surface area is 129 Å². The van der Waals surface area contributed by atoms with Crippen LogP contribution in [-0.2, 0) is 10.8 Å². The van der Waals surface area contributed by atoms with E-state index in [0.29, 0.717) is 17.0 Å². The molecule has 0 atom stereocenters. The van der Waals surface area contributed by atoms with Crippen LogP contribution in [0.15, 0.2) is 69.1 Å². The molecule has 0 unspecified atom stereocenters. The van der Waals surface area contributed by atoms with E-state index < -0.39 is 18.9 Å². The highest BCUT2D eigenvalue weighted by Crippen LogP contribution is 2.35. The molecule has 0 bridgehead atoms.